The lowest BCUT2D eigenvalue weighted by Crippen LogP contribution is -2.40. The zero-order valence-electron chi connectivity index (χ0n) is 12.7. The first-order valence-corrected chi connectivity index (χ1v) is 8.32. The van der Waals surface area contributed by atoms with Crippen molar-refractivity contribution in [1.82, 2.24) is 10.5 Å². The third kappa shape index (κ3) is 3.10. The second-order valence-electron chi connectivity index (χ2n) is 6.72. The molecule has 1 aromatic heterocycles. The Morgan fingerprint density at radius 3 is 2.86 bits per heavy atom. The smallest absolute Gasteiger partial charge is 0.229 e. The minimum Gasteiger partial charge on any atom is -0.353 e. The lowest BCUT2D eigenvalue weighted by Gasteiger charge is -2.28. The fraction of sp³-hybridized carbons (Fsp3) is 0.750. The van der Waals surface area contributed by atoms with Gasteiger partial charge in [0.25, 0.3) is 0 Å². The molecule has 1 N–H and O–H groups in total. The lowest BCUT2D eigenvalue weighted by molar-refractivity contribution is -0.122. The van der Waals surface area contributed by atoms with Crippen LogP contribution in [0.1, 0.15) is 50.3 Å². The van der Waals surface area contributed by atoms with Gasteiger partial charge in [-0.2, -0.15) is 0 Å². The molecule has 1 amide bonds. The molecule has 21 heavy (non-hydrogen) atoms. The van der Waals surface area contributed by atoms with Gasteiger partial charge in [0.05, 0.1) is 5.69 Å². The predicted molar refractivity (Wildman–Crippen MR) is 81.1 cm³/mol. The SMILES string of the molecule is Cc1noc(Cl)c1CCC(=O)N[C@H](C)[C@@H]1C[C@H]2CC[C@H]1C2. The number of halogens is 1. The molecule has 2 saturated carbocycles. The van der Waals surface area contributed by atoms with Crippen molar-refractivity contribution in [2.24, 2.45) is 17.8 Å². The van der Waals surface area contributed by atoms with Crippen LogP contribution in [0.15, 0.2) is 4.52 Å². The van der Waals surface area contributed by atoms with Crippen LogP contribution in [0.2, 0.25) is 5.22 Å². The number of nitrogens with zero attached hydrogens (tertiary/aromatic N) is 1. The topological polar surface area (TPSA) is 55.1 Å². The molecule has 2 fully saturated rings. The first kappa shape index (κ1) is 14.9. The molecule has 0 saturated heterocycles. The first-order chi connectivity index (χ1) is 10.0. The van der Waals surface area contributed by atoms with E-state index in [0.717, 1.165) is 23.1 Å². The van der Waals surface area contributed by atoms with Gasteiger partial charge in [-0.25, -0.2) is 0 Å². The number of carbonyl (C=O) groups is 1. The van der Waals surface area contributed by atoms with Gasteiger partial charge >= 0.3 is 0 Å². The zero-order chi connectivity index (χ0) is 15.0. The molecule has 116 valence electrons. The maximum absolute atomic E-state index is 12.1. The number of rotatable bonds is 5. The second-order valence-corrected chi connectivity index (χ2v) is 7.06. The van der Waals surface area contributed by atoms with E-state index in [-0.39, 0.29) is 11.9 Å². The maximum atomic E-state index is 12.1. The van der Waals surface area contributed by atoms with Crippen LogP contribution in [0.5, 0.6) is 0 Å². The quantitative estimate of drug-likeness (QED) is 0.905. The van der Waals surface area contributed by atoms with Crippen LogP contribution < -0.4 is 5.32 Å². The molecule has 2 aliphatic carbocycles. The van der Waals surface area contributed by atoms with Crippen molar-refractivity contribution in [3.63, 3.8) is 0 Å². The Labute approximate surface area is 130 Å². The summed E-state index contributed by atoms with van der Waals surface area (Å²) >= 11 is 5.92. The summed E-state index contributed by atoms with van der Waals surface area (Å²) in [6.45, 7) is 4.00. The van der Waals surface area contributed by atoms with E-state index >= 15 is 0 Å². The Morgan fingerprint density at radius 2 is 2.29 bits per heavy atom. The largest absolute Gasteiger partial charge is 0.353 e. The van der Waals surface area contributed by atoms with Gasteiger partial charge in [0.1, 0.15) is 0 Å². The van der Waals surface area contributed by atoms with Gasteiger partial charge in [-0.3, -0.25) is 4.79 Å². The lowest BCUT2D eigenvalue weighted by atomic mass is 9.84. The molecule has 3 rings (SSSR count). The van der Waals surface area contributed by atoms with Gasteiger partial charge in [-0.05, 0) is 68.9 Å². The average molecular weight is 311 g/mol. The number of fused-ring (bicyclic) bond motifs is 2. The molecule has 5 heteroatoms. The van der Waals surface area contributed by atoms with Gasteiger partial charge in [0.15, 0.2) is 0 Å². The Kier molecular flexibility index (Phi) is 4.25. The van der Waals surface area contributed by atoms with Gasteiger partial charge < -0.3 is 9.84 Å². The number of nitrogens with one attached hydrogen (secondary N) is 1. The van der Waals surface area contributed by atoms with Gasteiger partial charge in [0, 0.05) is 18.0 Å². The minimum atomic E-state index is 0.0990. The number of hydrogen-bond acceptors (Lipinski definition) is 3. The Bertz CT molecular complexity index is 509. The van der Waals surface area contributed by atoms with Crippen molar-refractivity contribution in [1.29, 1.82) is 0 Å². The van der Waals surface area contributed by atoms with E-state index < -0.39 is 0 Å². The van der Waals surface area contributed by atoms with Crippen LogP contribution >= 0.6 is 11.6 Å². The summed E-state index contributed by atoms with van der Waals surface area (Å²) in [4.78, 5) is 12.1. The van der Waals surface area contributed by atoms with Crippen molar-refractivity contribution in [3.05, 3.63) is 16.5 Å². The number of aromatic nitrogens is 1. The molecule has 2 aliphatic rings. The van der Waals surface area contributed by atoms with Crippen LogP contribution in [0.3, 0.4) is 0 Å². The van der Waals surface area contributed by atoms with Gasteiger partial charge in [-0.15, -0.1) is 0 Å². The van der Waals surface area contributed by atoms with Crippen molar-refractivity contribution in [2.75, 3.05) is 0 Å². The normalized spacial score (nSPS) is 28.8. The molecular weight excluding hydrogens is 288 g/mol. The van der Waals surface area contributed by atoms with E-state index in [1.54, 1.807) is 0 Å². The van der Waals surface area contributed by atoms with Crippen molar-refractivity contribution < 1.29 is 9.32 Å². The van der Waals surface area contributed by atoms with E-state index in [0.29, 0.717) is 24.0 Å². The van der Waals surface area contributed by atoms with Crippen molar-refractivity contribution in [2.45, 2.75) is 58.4 Å². The fourth-order valence-electron chi connectivity index (χ4n) is 4.22. The summed E-state index contributed by atoms with van der Waals surface area (Å²) in [6.07, 6.45) is 6.44. The molecular formula is C16H23ClN2O2. The average Bonchev–Trinajstić information content (AvgIpc) is 3.14. The van der Waals surface area contributed by atoms with E-state index in [9.17, 15) is 4.79 Å². The molecule has 1 heterocycles. The molecule has 0 aliphatic heterocycles. The minimum absolute atomic E-state index is 0.0990. The summed E-state index contributed by atoms with van der Waals surface area (Å²) in [5, 5.41) is 7.29. The third-order valence-corrected chi connectivity index (χ3v) is 5.66. The van der Waals surface area contributed by atoms with Crippen molar-refractivity contribution in [3.8, 4) is 0 Å². The predicted octanol–water partition coefficient (Wildman–Crippen LogP) is 3.51. The number of hydrogen-bond donors (Lipinski definition) is 1. The Hall–Kier alpha value is -1.03. The Balaban J connectivity index is 1.48. The Morgan fingerprint density at radius 1 is 1.48 bits per heavy atom. The second kappa shape index (κ2) is 5.99. The first-order valence-electron chi connectivity index (χ1n) is 7.94. The highest BCUT2D eigenvalue weighted by molar-refractivity contribution is 6.29. The summed E-state index contributed by atoms with van der Waals surface area (Å²) in [5.74, 6) is 2.52. The molecule has 0 aromatic carbocycles. The van der Waals surface area contributed by atoms with Crippen LogP contribution in [0.25, 0.3) is 0 Å². The highest BCUT2D eigenvalue weighted by Crippen LogP contribution is 2.49. The van der Waals surface area contributed by atoms with Gasteiger partial charge in [0.2, 0.25) is 11.1 Å². The van der Waals surface area contributed by atoms with Crippen LogP contribution in [0.4, 0.5) is 0 Å². The van der Waals surface area contributed by atoms with Crippen LogP contribution in [-0.2, 0) is 11.2 Å². The number of amides is 1. The van der Waals surface area contributed by atoms with E-state index in [1.807, 2.05) is 6.92 Å². The summed E-state index contributed by atoms with van der Waals surface area (Å²) in [6, 6.07) is 0.284. The molecule has 4 atom stereocenters. The molecule has 2 bridgehead atoms. The summed E-state index contributed by atoms with van der Waals surface area (Å²) in [5.41, 5.74) is 1.62. The van der Waals surface area contributed by atoms with E-state index in [1.165, 1.54) is 25.7 Å². The highest BCUT2D eigenvalue weighted by atomic mass is 35.5. The maximum Gasteiger partial charge on any atom is 0.229 e. The summed E-state index contributed by atoms with van der Waals surface area (Å²) < 4.78 is 4.91. The van der Waals surface area contributed by atoms with Crippen LogP contribution in [0, 0.1) is 24.7 Å². The molecule has 0 unspecified atom stereocenters. The standard InChI is InChI=1S/C16H23ClN2O2/c1-9(14-8-11-3-4-12(14)7-11)18-15(20)6-5-13-10(2)19-21-16(13)17/h9,11-12,14H,3-8H2,1-2H3,(H,18,20)/t9-,11+,12+,14+/m1/s1. The van der Waals surface area contributed by atoms with Crippen molar-refractivity contribution >= 4 is 17.5 Å². The molecule has 0 radical (unpaired) electrons. The number of carbonyl (C=O) groups excluding carboxylic acids is 1. The fourth-order valence-corrected chi connectivity index (χ4v) is 4.48. The third-order valence-electron chi connectivity index (χ3n) is 5.36. The molecule has 0 spiro atoms. The number of aryl methyl sites for hydroxylation is 1. The van der Waals surface area contributed by atoms with E-state index in [4.69, 9.17) is 16.1 Å². The van der Waals surface area contributed by atoms with Crippen LogP contribution in [-0.4, -0.2) is 17.1 Å². The molecule has 1 aromatic rings. The zero-order valence-corrected chi connectivity index (χ0v) is 13.4. The van der Waals surface area contributed by atoms with Gasteiger partial charge in [-0.1, -0.05) is 11.6 Å². The monoisotopic (exact) mass is 310 g/mol. The van der Waals surface area contributed by atoms with E-state index in [2.05, 4.69) is 17.4 Å². The highest BCUT2D eigenvalue weighted by Gasteiger charge is 2.42. The summed E-state index contributed by atoms with van der Waals surface area (Å²) in [7, 11) is 0. The molecule has 4 nitrogen and oxygen atoms in total.